The van der Waals surface area contributed by atoms with Gasteiger partial charge in [0.1, 0.15) is 0 Å². The molecule has 0 spiro atoms. The number of carbonyl (C=O) groups is 2. The van der Waals surface area contributed by atoms with Crippen LogP contribution in [0.15, 0.2) is 69.5 Å². The molecule has 0 fully saturated rings. The summed E-state index contributed by atoms with van der Waals surface area (Å²) in [5.74, 6) is 0.370. The van der Waals surface area contributed by atoms with Gasteiger partial charge in [0.05, 0.1) is 12.7 Å². The molecule has 0 saturated carbocycles. The molecule has 2 heterocycles. The van der Waals surface area contributed by atoms with Crippen LogP contribution in [0.1, 0.15) is 26.4 Å². The Balaban J connectivity index is 1.33. The number of rotatable bonds is 7. The van der Waals surface area contributed by atoms with E-state index in [-0.39, 0.29) is 11.7 Å². The molecule has 1 N–H and O–H groups in total. The van der Waals surface area contributed by atoms with Crippen molar-refractivity contribution in [3.05, 3.63) is 77.5 Å². The number of amides is 1. The van der Waals surface area contributed by atoms with E-state index >= 15 is 0 Å². The first-order valence-corrected chi connectivity index (χ1v) is 10.9. The van der Waals surface area contributed by atoms with E-state index in [2.05, 4.69) is 20.7 Å². The smallest absolute Gasteiger partial charge is 0.337 e. The summed E-state index contributed by atoms with van der Waals surface area (Å²) in [5, 5.41) is 15.0. The first kappa shape index (κ1) is 20.8. The van der Waals surface area contributed by atoms with Gasteiger partial charge in [-0.15, -0.1) is 10.2 Å². The zero-order chi connectivity index (χ0) is 21.6. The van der Waals surface area contributed by atoms with Crippen LogP contribution >= 0.6 is 23.1 Å². The molecule has 0 radical (unpaired) electrons. The molecule has 10 heteroatoms. The van der Waals surface area contributed by atoms with E-state index in [4.69, 9.17) is 9.26 Å². The van der Waals surface area contributed by atoms with Gasteiger partial charge in [0.2, 0.25) is 5.13 Å². The highest BCUT2D eigenvalue weighted by atomic mass is 32.2. The average molecular weight is 453 g/mol. The zero-order valence-electron chi connectivity index (χ0n) is 16.3. The summed E-state index contributed by atoms with van der Waals surface area (Å²) < 4.78 is 10.7. The summed E-state index contributed by atoms with van der Waals surface area (Å²) in [7, 11) is 1.35. The number of thioether (sulfide) groups is 1. The number of hydrogen-bond acceptors (Lipinski definition) is 9. The summed E-state index contributed by atoms with van der Waals surface area (Å²) >= 11 is 2.75. The maximum atomic E-state index is 12.4. The van der Waals surface area contributed by atoms with Crippen LogP contribution in [0.2, 0.25) is 0 Å². The molecule has 0 aliphatic heterocycles. The van der Waals surface area contributed by atoms with Crippen molar-refractivity contribution in [2.24, 2.45) is 0 Å². The molecule has 0 atom stereocenters. The summed E-state index contributed by atoms with van der Waals surface area (Å²) in [4.78, 5) is 23.9. The molecule has 0 aliphatic rings. The first-order valence-electron chi connectivity index (χ1n) is 9.09. The number of nitrogens with one attached hydrogen (secondary N) is 1. The molecule has 2 aromatic carbocycles. The lowest BCUT2D eigenvalue weighted by molar-refractivity contribution is 0.0600. The van der Waals surface area contributed by atoms with Crippen LogP contribution in [0.25, 0.3) is 11.3 Å². The van der Waals surface area contributed by atoms with Gasteiger partial charge < -0.3 is 9.26 Å². The number of esters is 1. The highest BCUT2D eigenvalue weighted by Crippen LogP contribution is 2.29. The van der Waals surface area contributed by atoms with Gasteiger partial charge in [-0.05, 0) is 17.7 Å². The zero-order valence-corrected chi connectivity index (χ0v) is 17.9. The largest absolute Gasteiger partial charge is 0.465 e. The van der Waals surface area contributed by atoms with Crippen molar-refractivity contribution in [2.45, 2.75) is 10.1 Å². The predicted octanol–water partition coefficient (Wildman–Crippen LogP) is 4.52. The van der Waals surface area contributed by atoms with E-state index in [9.17, 15) is 9.59 Å². The number of benzene rings is 2. The Hall–Kier alpha value is -3.50. The van der Waals surface area contributed by atoms with Gasteiger partial charge in [-0.3, -0.25) is 10.1 Å². The lowest BCUT2D eigenvalue weighted by Crippen LogP contribution is -2.11. The first-order chi connectivity index (χ1) is 15.1. The number of methoxy groups -OCH3 is 1. The molecular formula is C21H16N4O4S2. The lowest BCUT2D eigenvalue weighted by Gasteiger charge is -2.01. The Bertz CT molecular complexity index is 1190. The fraction of sp³-hybridized carbons (Fsp3) is 0.0952. The normalized spacial score (nSPS) is 10.6. The van der Waals surface area contributed by atoms with Crippen molar-refractivity contribution in [3.8, 4) is 11.3 Å². The number of ether oxygens (including phenoxy) is 1. The predicted molar refractivity (Wildman–Crippen MR) is 117 cm³/mol. The molecule has 8 nitrogen and oxygen atoms in total. The van der Waals surface area contributed by atoms with Gasteiger partial charge in [-0.1, -0.05) is 70.7 Å². The maximum absolute atomic E-state index is 12.4. The highest BCUT2D eigenvalue weighted by molar-refractivity contribution is 8.00. The van der Waals surface area contributed by atoms with Crippen LogP contribution in [-0.4, -0.2) is 34.3 Å². The second-order valence-corrected chi connectivity index (χ2v) is 8.45. The highest BCUT2D eigenvalue weighted by Gasteiger charge is 2.16. The molecule has 0 saturated heterocycles. The number of nitrogens with zero attached hydrogens (tertiary/aromatic N) is 3. The van der Waals surface area contributed by atoms with E-state index in [0.717, 1.165) is 11.1 Å². The monoisotopic (exact) mass is 452 g/mol. The van der Waals surface area contributed by atoms with Gasteiger partial charge in [0.25, 0.3) is 5.91 Å². The second kappa shape index (κ2) is 9.54. The summed E-state index contributed by atoms with van der Waals surface area (Å²) in [5.41, 5.74) is 2.52. The van der Waals surface area contributed by atoms with E-state index in [1.54, 1.807) is 18.2 Å². The quantitative estimate of drug-likeness (QED) is 0.248. The number of carbonyl (C=O) groups excluding carboxylic acids is 2. The molecule has 4 rings (SSSR count). The molecule has 31 heavy (non-hydrogen) atoms. The Labute approximate surface area is 185 Å². The Morgan fingerprint density at radius 2 is 1.87 bits per heavy atom. The van der Waals surface area contributed by atoms with Gasteiger partial charge in [0, 0.05) is 17.4 Å². The van der Waals surface area contributed by atoms with Crippen LogP contribution in [0.5, 0.6) is 0 Å². The molecule has 156 valence electrons. The van der Waals surface area contributed by atoms with E-state index in [1.807, 2.05) is 42.5 Å². The molecule has 1 amide bonds. The summed E-state index contributed by atoms with van der Waals surface area (Å²) in [6, 6.07) is 18.1. The Morgan fingerprint density at radius 3 is 2.61 bits per heavy atom. The third-order valence-corrected chi connectivity index (χ3v) is 6.21. The van der Waals surface area contributed by atoms with Crippen LogP contribution in [-0.2, 0) is 10.5 Å². The molecule has 2 aromatic heterocycles. The lowest BCUT2D eigenvalue weighted by atomic mass is 10.1. The topological polar surface area (TPSA) is 107 Å². The van der Waals surface area contributed by atoms with Gasteiger partial charge >= 0.3 is 5.97 Å². The molecule has 4 aromatic rings. The van der Waals surface area contributed by atoms with Crippen molar-refractivity contribution in [1.82, 2.24) is 15.4 Å². The minimum Gasteiger partial charge on any atom is -0.465 e. The van der Waals surface area contributed by atoms with Crippen molar-refractivity contribution < 1.29 is 18.8 Å². The van der Waals surface area contributed by atoms with Gasteiger partial charge in [-0.25, -0.2) is 4.79 Å². The van der Waals surface area contributed by atoms with Crippen LogP contribution in [0.4, 0.5) is 5.13 Å². The third-order valence-electron chi connectivity index (χ3n) is 4.17. The molecule has 0 bridgehead atoms. The standard InChI is InChI=1S/C21H16N4O4S2/c1-28-19(27)15-9-7-13(8-10-15)12-30-21-24-23-20(31-21)22-18(26)16-11-17(29-25-16)14-5-3-2-4-6-14/h2-11H,12H2,1H3,(H,22,23,26). The fourth-order valence-corrected chi connectivity index (χ4v) is 4.30. The molecule has 0 aliphatic carbocycles. The van der Waals surface area contributed by atoms with Crippen molar-refractivity contribution >= 4 is 40.1 Å². The fourth-order valence-electron chi connectivity index (χ4n) is 2.60. The minimum atomic E-state index is -0.419. The number of aromatic nitrogens is 3. The minimum absolute atomic E-state index is 0.161. The van der Waals surface area contributed by atoms with E-state index in [0.29, 0.717) is 26.5 Å². The van der Waals surface area contributed by atoms with Crippen molar-refractivity contribution in [3.63, 3.8) is 0 Å². The summed E-state index contributed by atoms with van der Waals surface area (Å²) in [6.07, 6.45) is 0. The second-order valence-electron chi connectivity index (χ2n) is 6.25. The van der Waals surface area contributed by atoms with E-state index < -0.39 is 5.91 Å². The van der Waals surface area contributed by atoms with Crippen LogP contribution in [0, 0.1) is 0 Å². The third kappa shape index (κ3) is 5.16. The van der Waals surface area contributed by atoms with E-state index in [1.165, 1.54) is 30.2 Å². The molecular weight excluding hydrogens is 436 g/mol. The van der Waals surface area contributed by atoms with Crippen LogP contribution < -0.4 is 5.32 Å². The SMILES string of the molecule is COC(=O)c1ccc(CSc2nnc(NC(=O)c3cc(-c4ccccc4)on3)s2)cc1. The molecule has 0 unspecified atom stereocenters. The number of anilines is 1. The van der Waals surface area contributed by atoms with Crippen molar-refractivity contribution in [2.75, 3.05) is 12.4 Å². The van der Waals surface area contributed by atoms with Gasteiger partial charge in [-0.2, -0.15) is 0 Å². The maximum Gasteiger partial charge on any atom is 0.337 e. The number of hydrogen-bond donors (Lipinski definition) is 1. The van der Waals surface area contributed by atoms with Crippen LogP contribution in [0.3, 0.4) is 0 Å². The van der Waals surface area contributed by atoms with Gasteiger partial charge in [0.15, 0.2) is 15.8 Å². The van der Waals surface area contributed by atoms with Crippen molar-refractivity contribution in [1.29, 1.82) is 0 Å². The average Bonchev–Trinajstić information content (AvgIpc) is 3.48. The summed E-state index contributed by atoms with van der Waals surface area (Å²) in [6.45, 7) is 0. The Morgan fingerprint density at radius 1 is 1.10 bits per heavy atom. The Kier molecular flexibility index (Phi) is 6.39.